The maximum Gasteiger partial charge on any atom is 0.141 e. The Morgan fingerprint density at radius 2 is 2.19 bits per heavy atom. The first-order chi connectivity index (χ1) is 7.54. The predicted molar refractivity (Wildman–Crippen MR) is 61.5 cm³/mol. The van der Waals surface area contributed by atoms with E-state index in [4.69, 9.17) is 5.26 Å². The van der Waals surface area contributed by atoms with Gasteiger partial charge in [-0.1, -0.05) is 0 Å². The van der Waals surface area contributed by atoms with Crippen LogP contribution in [0, 0.1) is 17.2 Å². The molecule has 1 heterocycles. The molecule has 0 aliphatic heterocycles. The Morgan fingerprint density at radius 1 is 1.50 bits per heavy atom. The van der Waals surface area contributed by atoms with Gasteiger partial charge in [0.1, 0.15) is 12.2 Å². The van der Waals surface area contributed by atoms with Gasteiger partial charge in [0, 0.05) is 12.6 Å². The molecule has 1 aromatic rings. The second-order valence-corrected chi connectivity index (χ2v) is 4.44. The molecular weight excluding hydrogens is 202 g/mol. The van der Waals surface area contributed by atoms with E-state index in [1.54, 1.807) is 6.33 Å². The lowest BCUT2D eigenvalue weighted by atomic mass is 10.2. The molecule has 1 aromatic heterocycles. The minimum Gasteiger partial charge on any atom is -0.298 e. The zero-order valence-electron chi connectivity index (χ0n) is 10.4. The highest BCUT2D eigenvalue weighted by atomic mass is 15.4. The quantitative estimate of drug-likeness (QED) is 0.755. The molecule has 0 aromatic carbocycles. The zero-order chi connectivity index (χ0) is 12.1. The van der Waals surface area contributed by atoms with Crippen LogP contribution >= 0.6 is 0 Å². The van der Waals surface area contributed by atoms with Gasteiger partial charge in [-0.15, -0.1) is 0 Å². The number of hydrogen-bond donors (Lipinski definition) is 0. The summed E-state index contributed by atoms with van der Waals surface area (Å²) in [5, 5.41) is 12.9. The summed E-state index contributed by atoms with van der Waals surface area (Å²) in [5.41, 5.74) is 0. The smallest absolute Gasteiger partial charge is 0.141 e. The van der Waals surface area contributed by atoms with Gasteiger partial charge in [-0.3, -0.25) is 4.90 Å². The molecule has 16 heavy (non-hydrogen) atoms. The number of nitrogens with zero attached hydrogens (tertiary/aromatic N) is 5. The van der Waals surface area contributed by atoms with Gasteiger partial charge in [0.25, 0.3) is 0 Å². The van der Waals surface area contributed by atoms with E-state index in [0.29, 0.717) is 6.04 Å². The molecule has 1 atom stereocenters. The first-order valence-corrected chi connectivity index (χ1v) is 5.51. The maximum absolute atomic E-state index is 8.74. The standard InChI is InChI=1S/C11H19N5/c1-9(2)16-11(13-8-14-16)7-15(4)6-10(3)5-12/h8-10H,6-7H2,1-4H3. The minimum absolute atomic E-state index is 0.0421. The number of nitriles is 1. The van der Waals surface area contributed by atoms with Crippen LogP contribution in [-0.4, -0.2) is 33.3 Å². The molecule has 0 amide bonds. The molecule has 0 spiro atoms. The first-order valence-electron chi connectivity index (χ1n) is 5.51. The molecule has 5 nitrogen and oxygen atoms in total. The van der Waals surface area contributed by atoms with Gasteiger partial charge >= 0.3 is 0 Å². The number of hydrogen-bond acceptors (Lipinski definition) is 4. The van der Waals surface area contributed by atoms with Gasteiger partial charge in [-0.25, -0.2) is 9.67 Å². The third kappa shape index (κ3) is 3.31. The second-order valence-electron chi connectivity index (χ2n) is 4.44. The molecule has 0 saturated carbocycles. The van der Waals surface area contributed by atoms with Crippen molar-refractivity contribution in [3.8, 4) is 6.07 Å². The van der Waals surface area contributed by atoms with Crippen molar-refractivity contribution in [2.75, 3.05) is 13.6 Å². The van der Waals surface area contributed by atoms with Crippen LogP contribution in [0.3, 0.4) is 0 Å². The molecular formula is C11H19N5. The van der Waals surface area contributed by atoms with E-state index < -0.39 is 0 Å². The maximum atomic E-state index is 8.74. The Bertz CT molecular complexity index is 363. The van der Waals surface area contributed by atoms with Gasteiger partial charge in [0.15, 0.2) is 0 Å². The Hall–Kier alpha value is -1.41. The minimum atomic E-state index is 0.0421. The third-order valence-electron chi connectivity index (χ3n) is 2.35. The van der Waals surface area contributed by atoms with Crippen molar-refractivity contribution in [3.05, 3.63) is 12.2 Å². The Balaban J connectivity index is 2.59. The lowest BCUT2D eigenvalue weighted by Gasteiger charge is -2.18. The van der Waals surface area contributed by atoms with Gasteiger partial charge in [-0.2, -0.15) is 10.4 Å². The summed E-state index contributed by atoms with van der Waals surface area (Å²) in [5.74, 6) is 0.989. The lowest BCUT2D eigenvalue weighted by molar-refractivity contribution is 0.286. The summed E-state index contributed by atoms with van der Waals surface area (Å²) in [6, 6.07) is 2.55. The third-order valence-corrected chi connectivity index (χ3v) is 2.35. The van der Waals surface area contributed by atoms with Crippen LogP contribution in [0.4, 0.5) is 0 Å². The Labute approximate surface area is 96.7 Å². The van der Waals surface area contributed by atoms with Crippen molar-refractivity contribution >= 4 is 0 Å². The van der Waals surface area contributed by atoms with Crippen molar-refractivity contribution in [2.24, 2.45) is 5.92 Å². The molecule has 1 unspecified atom stereocenters. The highest BCUT2D eigenvalue weighted by molar-refractivity contribution is 4.88. The fourth-order valence-electron chi connectivity index (χ4n) is 1.63. The van der Waals surface area contributed by atoms with Gasteiger partial charge in [-0.05, 0) is 27.8 Å². The summed E-state index contributed by atoms with van der Waals surface area (Å²) in [7, 11) is 1.99. The van der Waals surface area contributed by atoms with Gasteiger partial charge in [0.2, 0.25) is 0 Å². The summed E-state index contributed by atoms with van der Waals surface area (Å²) >= 11 is 0. The van der Waals surface area contributed by atoms with Crippen molar-refractivity contribution in [2.45, 2.75) is 33.4 Å². The molecule has 0 fully saturated rings. The number of aromatic nitrogens is 3. The summed E-state index contributed by atoms with van der Waals surface area (Å²) in [4.78, 5) is 6.33. The first kappa shape index (κ1) is 12.7. The molecule has 0 aliphatic rings. The van der Waals surface area contributed by atoms with Crippen LogP contribution in [0.1, 0.15) is 32.6 Å². The summed E-state index contributed by atoms with van der Waals surface area (Å²) in [6.45, 7) is 7.56. The molecule has 0 saturated heterocycles. The molecule has 1 rings (SSSR count). The van der Waals surface area contributed by atoms with E-state index in [1.165, 1.54) is 0 Å². The van der Waals surface area contributed by atoms with Crippen molar-refractivity contribution in [1.82, 2.24) is 19.7 Å². The molecule has 88 valence electrons. The topological polar surface area (TPSA) is 57.7 Å². The van der Waals surface area contributed by atoms with Crippen molar-refractivity contribution in [1.29, 1.82) is 5.26 Å². The van der Waals surface area contributed by atoms with E-state index in [-0.39, 0.29) is 5.92 Å². The highest BCUT2D eigenvalue weighted by Gasteiger charge is 2.11. The van der Waals surface area contributed by atoms with E-state index in [1.807, 2.05) is 18.7 Å². The average Bonchev–Trinajstić information content (AvgIpc) is 2.65. The molecule has 0 bridgehead atoms. The fraction of sp³-hybridized carbons (Fsp3) is 0.727. The van der Waals surface area contributed by atoms with E-state index >= 15 is 0 Å². The Kier molecular flexibility index (Phi) is 4.44. The van der Waals surface area contributed by atoms with E-state index in [2.05, 4.69) is 34.9 Å². The van der Waals surface area contributed by atoms with Gasteiger partial charge < -0.3 is 0 Å². The molecule has 0 aliphatic carbocycles. The van der Waals surface area contributed by atoms with Crippen LogP contribution in [0.2, 0.25) is 0 Å². The fourth-order valence-corrected chi connectivity index (χ4v) is 1.63. The van der Waals surface area contributed by atoms with Gasteiger partial charge in [0.05, 0.1) is 18.5 Å². The van der Waals surface area contributed by atoms with Crippen LogP contribution in [0.25, 0.3) is 0 Å². The highest BCUT2D eigenvalue weighted by Crippen LogP contribution is 2.08. The van der Waals surface area contributed by atoms with Crippen LogP contribution in [0.5, 0.6) is 0 Å². The SMILES string of the molecule is CC(C#N)CN(C)Cc1ncnn1C(C)C. The van der Waals surface area contributed by atoms with Crippen LogP contribution < -0.4 is 0 Å². The summed E-state index contributed by atoms with van der Waals surface area (Å²) in [6.07, 6.45) is 1.58. The van der Waals surface area contributed by atoms with E-state index in [9.17, 15) is 0 Å². The molecule has 5 heteroatoms. The van der Waals surface area contributed by atoms with Crippen LogP contribution in [-0.2, 0) is 6.54 Å². The lowest BCUT2D eigenvalue weighted by Crippen LogP contribution is -2.25. The molecule has 0 radical (unpaired) electrons. The van der Waals surface area contributed by atoms with E-state index in [0.717, 1.165) is 18.9 Å². The van der Waals surface area contributed by atoms with Crippen LogP contribution in [0.15, 0.2) is 6.33 Å². The molecule has 0 N–H and O–H groups in total. The van der Waals surface area contributed by atoms with Crippen molar-refractivity contribution < 1.29 is 0 Å². The largest absolute Gasteiger partial charge is 0.298 e. The monoisotopic (exact) mass is 221 g/mol. The summed E-state index contributed by atoms with van der Waals surface area (Å²) < 4.78 is 1.91. The normalized spacial score (nSPS) is 13.1. The van der Waals surface area contributed by atoms with Crippen molar-refractivity contribution in [3.63, 3.8) is 0 Å². The number of rotatable bonds is 5. The average molecular weight is 221 g/mol. The second kappa shape index (κ2) is 5.61. The zero-order valence-corrected chi connectivity index (χ0v) is 10.4. The Morgan fingerprint density at radius 3 is 2.75 bits per heavy atom. The predicted octanol–water partition coefficient (Wildman–Crippen LogP) is 1.45.